The molecule has 4 rings (SSSR count). The van der Waals surface area contributed by atoms with Crippen molar-refractivity contribution in [1.29, 1.82) is 0 Å². The van der Waals surface area contributed by atoms with Gasteiger partial charge in [0.05, 0.1) is 15.2 Å². The number of carbonyl (C=O) groups is 1. The van der Waals surface area contributed by atoms with E-state index in [0.717, 1.165) is 10.2 Å². The number of halogens is 1. The molecule has 1 aromatic carbocycles. The minimum atomic E-state index is -0.289. The molecule has 1 aliphatic heterocycles. The predicted molar refractivity (Wildman–Crippen MR) is 84.4 cm³/mol. The standard InChI is InChI=1S/C14H10ClN3O3S/c15-7-3-9(16-6-7)13(19)18-14-17-8-4-10-11(5-12(8)22-14)21-2-1-20-10/h3-6,16H,1-2H2,(H,17,18,19). The first kappa shape index (κ1) is 13.4. The number of nitrogens with zero attached hydrogens (tertiary/aromatic N) is 1. The highest BCUT2D eigenvalue weighted by Gasteiger charge is 2.16. The van der Waals surface area contributed by atoms with Crippen LogP contribution in [0.5, 0.6) is 11.5 Å². The summed E-state index contributed by atoms with van der Waals surface area (Å²) in [5, 5.41) is 3.74. The van der Waals surface area contributed by atoms with Gasteiger partial charge in [-0.3, -0.25) is 10.1 Å². The van der Waals surface area contributed by atoms with Gasteiger partial charge in [-0.1, -0.05) is 22.9 Å². The van der Waals surface area contributed by atoms with Gasteiger partial charge in [0.25, 0.3) is 5.91 Å². The largest absolute Gasteiger partial charge is 0.486 e. The zero-order valence-electron chi connectivity index (χ0n) is 11.2. The Morgan fingerprint density at radius 2 is 2.05 bits per heavy atom. The average Bonchev–Trinajstić information content (AvgIpc) is 3.10. The van der Waals surface area contributed by atoms with Gasteiger partial charge >= 0.3 is 0 Å². The van der Waals surface area contributed by atoms with Crippen molar-refractivity contribution in [3.63, 3.8) is 0 Å². The molecule has 8 heteroatoms. The summed E-state index contributed by atoms with van der Waals surface area (Å²) in [6.07, 6.45) is 1.55. The lowest BCUT2D eigenvalue weighted by atomic mass is 10.3. The van der Waals surface area contributed by atoms with Gasteiger partial charge in [0, 0.05) is 18.3 Å². The van der Waals surface area contributed by atoms with E-state index in [-0.39, 0.29) is 5.91 Å². The molecule has 1 amide bonds. The smallest absolute Gasteiger partial charge is 0.273 e. The molecule has 0 fully saturated rings. The van der Waals surface area contributed by atoms with Crippen LogP contribution in [-0.2, 0) is 0 Å². The minimum absolute atomic E-state index is 0.289. The summed E-state index contributed by atoms with van der Waals surface area (Å²) in [5.41, 5.74) is 1.14. The van der Waals surface area contributed by atoms with Crippen LogP contribution in [0.15, 0.2) is 24.4 Å². The summed E-state index contributed by atoms with van der Waals surface area (Å²) in [5.74, 6) is 1.10. The maximum atomic E-state index is 12.1. The van der Waals surface area contributed by atoms with Crippen molar-refractivity contribution in [2.75, 3.05) is 18.5 Å². The first-order chi connectivity index (χ1) is 10.7. The zero-order valence-corrected chi connectivity index (χ0v) is 12.8. The molecule has 0 atom stereocenters. The van der Waals surface area contributed by atoms with E-state index in [0.29, 0.717) is 40.6 Å². The van der Waals surface area contributed by atoms with Crippen molar-refractivity contribution in [1.82, 2.24) is 9.97 Å². The molecule has 22 heavy (non-hydrogen) atoms. The summed E-state index contributed by atoms with van der Waals surface area (Å²) in [4.78, 5) is 19.3. The van der Waals surface area contributed by atoms with Crippen molar-refractivity contribution in [2.24, 2.45) is 0 Å². The third-order valence-corrected chi connectivity index (χ3v) is 4.32. The number of nitrogens with one attached hydrogen (secondary N) is 2. The first-order valence-corrected chi connectivity index (χ1v) is 7.74. The van der Waals surface area contributed by atoms with Crippen LogP contribution in [0.3, 0.4) is 0 Å². The number of thiazole rings is 1. The SMILES string of the molecule is O=C(Nc1nc2cc3c(cc2s1)OCCO3)c1cc(Cl)c[nH]1. The fourth-order valence-electron chi connectivity index (χ4n) is 2.18. The van der Waals surface area contributed by atoms with Crippen LogP contribution < -0.4 is 14.8 Å². The van der Waals surface area contributed by atoms with Crippen molar-refractivity contribution in [2.45, 2.75) is 0 Å². The van der Waals surface area contributed by atoms with Crippen molar-refractivity contribution in [3.8, 4) is 11.5 Å². The minimum Gasteiger partial charge on any atom is -0.486 e. The van der Waals surface area contributed by atoms with Gasteiger partial charge in [-0.05, 0) is 6.07 Å². The van der Waals surface area contributed by atoms with Crippen LogP contribution in [0.25, 0.3) is 10.2 Å². The molecule has 1 aliphatic rings. The highest BCUT2D eigenvalue weighted by Crippen LogP contribution is 2.37. The van der Waals surface area contributed by atoms with E-state index in [1.54, 1.807) is 12.3 Å². The number of rotatable bonds is 2. The van der Waals surface area contributed by atoms with Crippen molar-refractivity contribution in [3.05, 3.63) is 35.1 Å². The highest BCUT2D eigenvalue weighted by atomic mass is 35.5. The Morgan fingerprint density at radius 3 is 2.77 bits per heavy atom. The summed E-state index contributed by atoms with van der Waals surface area (Å²) in [6, 6.07) is 5.26. The Bertz CT molecular complexity index is 830. The van der Waals surface area contributed by atoms with Gasteiger partial charge in [0.2, 0.25) is 0 Å². The molecule has 0 spiro atoms. The van der Waals surface area contributed by atoms with Gasteiger partial charge in [-0.15, -0.1) is 0 Å². The number of hydrogen-bond donors (Lipinski definition) is 2. The Kier molecular flexibility index (Phi) is 3.16. The molecule has 0 saturated carbocycles. The molecule has 3 aromatic rings. The lowest BCUT2D eigenvalue weighted by molar-refractivity contribution is 0.102. The van der Waals surface area contributed by atoms with Gasteiger partial charge in [0.15, 0.2) is 16.6 Å². The van der Waals surface area contributed by atoms with E-state index in [1.807, 2.05) is 12.1 Å². The fourth-order valence-corrected chi connectivity index (χ4v) is 3.22. The summed E-state index contributed by atoms with van der Waals surface area (Å²) in [6.45, 7) is 1.06. The molecular formula is C14H10ClN3O3S. The number of aromatic nitrogens is 2. The molecule has 0 unspecified atom stereocenters. The van der Waals surface area contributed by atoms with E-state index >= 15 is 0 Å². The number of anilines is 1. The van der Waals surface area contributed by atoms with Crippen molar-refractivity contribution < 1.29 is 14.3 Å². The molecule has 6 nitrogen and oxygen atoms in total. The van der Waals surface area contributed by atoms with E-state index in [1.165, 1.54) is 11.3 Å². The molecule has 0 radical (unpaired) electrons. The van der Waals surface area contributed by atoms with Crippen LogP contribution >= 0.6 is 22.9 Å². The lowest BCUT2D eigenvalue weighted by Crippen LogP contribution is -2.15. The average molecular weight is 336 g/mol. The number of hydrogen-bond acceptors (Lipinski definition) is 5. The second-order valence-electron chi connectivity index (χ2n) is 4.67. The molecule has 2 aromatic heterocycles. The summed E-state index contributed by atoms with van der Waals surface area (Å²) >= 11 is 7.17. The molecule has 3 heterocycles. The molecule has 0 saturated heterocycles. The number of aromatic amines is 1. The molecule has 0 aliphatic carbocycles. The molecule has 0 bridgehead atoms. The number of ether oxygens (including phenoxy) is 2. The number of fused-ring (bicyclic) bond motifs is 2. The number of amides is 1. The Balaban J connectivity index is 1.63. The molecule has 2 N–H and O–H groups in total. The topological polar surface area (TPSA) is 76.2 Å². The van der Waals surface area contributed by atoms with Gasteiger partial charge in [-0.25, -0.2) is 4.98 Å². The Hall–Kier alpha value is -2.25. The van der Waals surface area contributed by atoms with Crippen LogP contribution in [-0.4, -0.2) is 29.1 Å². The number of H-pyrrole nitrogens is 1. The van der Waals surface area contributed by atoms with Crippen LogP contribution in [0.4, 0.5) is 5.13 Å². The summed E-state index contributed by atoms with van der Waals surface area (Å²) in [7, 11) is 0. The number of benzene rings is 1. The van der Waals surface area contributed by atoms with Crippen LogP contribution in [0, 0.1) is 0 Å². The van der Waals surface area contributed by atoms with E-state index < -0.39 is 0 Å². The first-order valence-electron chi connectivity index (χ1n) is 6.54. The third-order valence-electron chi connectivity index (χ3n) is 3.17. The van der Waals surface area contributed by atoms with Crippen LogP contribution in [0.1, 0.15) is 10.5 Å². The molecule has 112 valence electrons. The lowest BCUT2D eigenvalue weighted by Gasteiger charge is -2.17. The number of carbonyl (C=O) groups excluding carboxylic acids is 1. The van der Waals surface area contributed by atoms with Gasteiger partial charge < -0.3 is 14.5 Å². The predicted octanol–water partition coefficient (Wildman–Crippen LogP) is 3.30. The van der Waals surface area contributed by atoms with Gasteiger partial charge in [-0.2, -0.15) is 0 Å². The second kappa shape index (κ2) is 5.19. The van der Waals surface area contributed by atoms with Gasteiger partial charge in [0.1, 0.15) is 18.9 Å². The monoisotopic (exact) mass is 335 g/mol. The molecular weight excluding hydrogens is 326 g/mol. The second-order valence-corrected chi connectivity index (χ2v) is 6.14. The maximum Gasteiger partial charge on any atom is 0.273 e. The van der Waals surface area contributed by atoms with Crippen LogP contribution in [0.2, 0.25) is 5.02 Å². The van der Waals surface area contributed by atoms with E-state index in [9.17, 15) is 4.79 Å². The maximum absolute atomic E-state index is 12.1. The quantitative estimate of drug-likeness (QED) is 0.753. The highest BCUT2D eigenvalue weighted by molar-refractivity contribution is 7.22. The zero-order chi connectivity index (χ0) is 15.1. The Labute approximate surface area is 134 Å². The van der Waals surface area contributed by atoms with E-state index in [4.69, 9.17) is 21.1 Å². The third kappa shape index (κ3) is 2.38. The fraction of sp³-hybridized carbons (Fsp3) is 0.143. The van der Waals surface area contributed by atoms with E-state index in [2.05, 4.69) is 15.3 Å². The summed E-state index contributed by atoms with van der Waals surface area (Å²) < 4.78 is 12.0. The van der Waals surface area contributed by atoms with Crippen molar-refractivity contribution >= 4 is 44.2 Å². The normalized spacial score (nSPS) is 13.3. The Morgan fingerprint density at radius 1 is 1.27 bits per heavy atom.